The average molecular weight is 501 g/mol. The Morgan fingerprint density at radius 3 is 2.56 bits per heavy atom. The van der Waals surface area contributed by atoms with E-state index in [1.165, 1.54) is 6.92 Å². The number of alkyl carbamates (subject to hydrolysis) is 2. The number of hydrogen-bond donors (Lipinski definition) is 2. The van der Waals surface area contributed by atoms with E-state index in [9.17, 15) is 14.4 Å². The molecule has 2 atom stereocenters. The minimum absolute atomic E-state index is 0.0665. The molecule has 0 fully saturated rings. The quantitative estimate of drug-likeness (QED) is 0.618. The highest BCUT2D eigenvalue weighted by molar-refractivity contribution is 5.94. The Bertz CT molecular complexity index is 1110. The van der Waals surface area contributed by atoms with Crippen molar-refractivity contribution in [2.45, 2.75) is 85.2 Å². The van der Waals surface area contributed by atoms with E-state index in [1.54, 1.807) is 50.4 Å². The zero-order valence-electron chi connectivity index (χ0n) is 22.0. The normalized spacial score (nSPS) is 17.4. The van der Waals surface area contributed by atoms with Crippen LogP contribution >= 0.6 is 0 Å². The summed E-state index contributed by atoms with van der Waals surface area (Å²) in [6.45, 7) is 13.2. The van der Waals surface area contributed by atoms with Gasteiger partial charge < -0.3 is 25.0 Å². The number of ether oxygens (including phenoxy) is 2. The molecular weight excluding hydrogens is 464 g/mol. The van der Waals surface area contributed by atoms with E-state index in [0.717, 1.165) is 16.8 Å². The number of anilines is 1. The van der Waals surface area contributed by atoms with Gasteiger partial charge in [-0.3, -0.25) is 9.48 Å². The standard InChI is InChI=1S/C25H36N6O5/c1-15(2)35-24(34)27-20-12-16(3)31(17(4)32)22-9-8-18(13-19(20)22)21-14-30(29-28-21)11-10-26-23(33)36-25(5,6)7/h8-9,13-16,20H,10-12H2,1-7H3,(H,26,33)(H,27,34). The first-order valence-corrected chi connectivity index (χ1v) is 12.1. The zero-order chi connectivity index (χ0) is 26.6. The molecule has 11 nitrogen and oxygen atoms in total. The van der Waals surface area contributed by atoms with E-state index in [1.807, 2.05) is 25.1 Å². The van der Waals surface area contributed by atoms with Crippen LogP contribution in [0.2, 0.25) is 0 Å². The number of amides is 3. The summed E-state index contributed by atoms with van der Waals surface area (Å²) in [4.78, 5) is 38.3. The molecule has 196 valence electrons. The molecule has 2 aromatic rings. The SMILES string of the molecule is CC(=O)N1c2ccc(-c3cn(CCNC(=O)OC(C)(C)C)nn3)cc2C(NC(=O)OC(C)C)CC1C. The summed E-state index contributed by atoms with van der Waals surface area (Å²) in [6, 6.07) is 5.25. The first kappa shape index (κ1) is 27.0. The molecule has 2 heterocycles. The Morgan fingerprint density at radius 1 is 1.19 bits per heavy atom. The summed E-state index contributed by atoms with van der Waals surface area (Å²) in [5, 5.41) is 14.1. The number of hydrogen-bond acceptors (Lipinski definition) is 7. The molecular formula is C25H36N6O5. The molecule has 2 unspecified atom stereocenters. The van der Waals surface area contributed by atoms with Crippen LogP contribution in [0.4, 0.5) is 15.3 Å². The van der Waals surface area contributed by atoms with Crippen LogP contribution in [0.25, 0.3) is 11.3 Å². The summed E-state index contributed by atoms with van der Waals surface area (Å²) in [6.07, 6.45) is 1.09. The molecule has 1 aliphatic heterocycles. The van der Waals surface area contributed by atoms with Crippen molar-refractivity contribution in [1.82, 2.24) is 25.6 Å². The van der Waals surface area contributed by atoms with E-state index in [2.05, 4.69) is 20.9 Å². The van der Waals surface area contributed by atoms with E-state index in [0.29, 0.717) is 25.2 Å². The predicted octanol–water partition coefficient (Wildman–Crippen LogP) is 3.79. The van der Waals surface area contributed by atoms with Crippen LogP contribution in [0.3, 0.4) is 0 Å². The fraction of sp³-hybridized carbons (Fsp3) is 0.560. The van der Waals surface area contributed by atoms with Gasteiger partial charge in [0.05, 0.1) is 24.9 Å². The molecule has 1 aliphatic rings. The zero-order valence-corrected chi connectivity index (χ0v) is 22.0. The van der Waals surface area contributed by atoms with Gasteiger partial charge >= 0.3 is 12.2 Å². The van der Waals surface area contributed by atoms with Crippen LogP contribution in [0.1, 0.15) is 66.5 Å². The van der Waals surface area contributed by atoms with Gasteiger partial charge in [0.2, 0.25) is 5.91 Å². The molecule has 0 radical (unpaired) electrons. The maximum atomic E-state index is 12.4. The van der Waals surface area contributed by atoms with E-state index < -0.39 is 17.8 Å². The van der Waals surface area contributed by atoms with Gasteiger partial charge in [-0.1, -0.05) is 11.3 Å². The number of nitrogens with zero attached hydrogens (tertiary/aromatic N) is 4. The molecule has 0 bridgehead atoms. The highest BCUT2D eigenvalue weighted by Gasteiger charge is 2.34. The van der Waals surface area contributed by atoms with Crippen molar-refractivity contribution in [3.63, 3.8) is 0 Å². The Morgan fingerprint density at radius 2 is 1.92 bits per heavy atom. The lowest BCUT2D eigenvalue weighted by molar-refractivity contribution is -0.117. The second kappa shape index (κ2) is 11.0. The minimum atomic E-state index is -0.565. The lowest BCUT2D eigenvalue weighted by Crippen LogP contribution is -2.45. The van der Waals surface area contributed by atoms with Gasteiger partial charge in [0.25, 0.3) is 0 Å². The van der Waals surface area contributed by atoms with E-state index in [-0.39, 0.29) is 24.1 Å². The van der Waals surface area contributed by atoms with Gasteiger partial charge in [-0.2, -0.15) is 0 Å². The third kappa shape index (κ3) is 6.96. The molecule has 2 N–H and O–H groups in total. The van der Waals surface area contributed by atoms with Crippen molar-refractivity contribution in [1.29, 1.82) is 0 Å². The highest BCUT2D eigenvalue weighted by Crippen LogP contribution is 2.39. The van der Waals surface area contributed by atoms with Crippen molar-refractivity contribution >= 4 is 23.8 Å². The topological polar surface area (TPSA) is 128 Å². The molecule has 1 aromatic heterocycles. The van der Waals surface area contributed by atoms with E-state index in [4.69, 9.17) is 9.47 Å². The van der Waals surface area contributed by atoms with Gasteiger partial charge in [0.1, 0.15) is 11.3 Å². The number of carbonyl (C=O) groups is 3. The first-order valence-electron chi connectivity index (χ1n) is 12.1. The number of nitrogens with one attached hydrogen (secondary N) is 2. The Kier molecular flexibility index (Phi) is 8.21. The summed E-state index contributed by atoms with van der Waals surface area (Å²) in [5.74, 6) is -0.0665. The van der Waals surface area contributed by atoms with Crippen LogP contribution in [0.15, 0.2) is 24.4 Å². The van der Waals surface area contributed by atoms with Gasteiger partial charge in [-0.25, -0.2) is 9.59 Å². The number of aromatic nitrogens is 3. The van der Waals surface area contributed by atoms with Crippen LogP contribution in [-0.2, 0) is 20.8 Å². The number of rotatable bonds is 6. The maximum Gasteiger partial charge on any atom is 0.407 e. The molecule has 0 saturated carbocycles. The van der Waals surface area contributed by atoms with E-state index >= 15 is 0 Å². The van der Waals surface area contributed by atoms with Gasteiger partial charge in [0.15, 0.2) is 0 Å². The fourth-order valence-corrected chi connectivity index (χ4v) is 4.16. The Labute approximate surface area is 211 Å². The monoisotopic (exact) mass is 500 g/mol. The van der Waals surface area contributed by atoms with Crippen molar-refractivity contribution in [3.05, 3.63) is 30.0 Å². The van der Waals surface area contributed by atoms with Gasteiger partial charge in [-0.05, 0) is 65.7 Å². The molecule has 3 rings (SSSR count). The lowest BCUT2D eigenvalue weighted by Gasteiger charge is -2.39. The molecule has 0 saturated heterocycles. The molecule has 11 heteroatoms. The Hall–Kier alpha value is -3.63. The smallest absolute Gasteiger partial charge is 0.407 e. The molecule has 0 spiro atoms. The van der Waals surface area contributed by atoms with Crippen LogP contribution in [0, 0.1) is 0 Å². The fourth-order valence-electron chi connectivity index (χ4n) is 4.16. The van der Waals surface area contributed by atoms with Crippen LogP contribution < -0.4 is 15.5 Å². The van der Waals surface area contributed by atoms with Gasteiger partial charge in [0, 0.05) is 30.8 Å². The molecule has 3 amide bonds. The number of benzene rings is 1. The average Bonchev–Trinajstić information content (AvgIpc) is 3.20. The Balaban J connectivity index is 1.78. The van der Waals surface area contributed by atoms with Crippen molar-refractivity contribution in [2.75, 3.05) is 11.4 Å². The second-order valence-electron chi connectivity index (χ2n) is 10.2. The summed E-state index contributed by atoms with van der Waals surface area (Å²) < 4.78 is 12.1. The predicted molar refractivity (Wildman–Crippen MR) is 134 cm³/mol. The first-order chi connectivity index (χ1) is 16.8. The number of carbonyl (C=O) groups excluding carboxylic acids is 3. The lowest BCUT2D eigenvalue weighted by atomic mass is 9.90. The second-order valence-corrected chi connectivity index (χ2v) is 10.2. The molecule has 1 aromatic carbocycles. The molecule has 36 heavy (non-hydrogen) atoms. The summed E-state index contributed by atoms with van der Waals surface area (Å²) in [7, 11) is 0. The van der Waals surface area contributed by atoms with Crippen molar-refractivity contribution in [3.8, 4) is 11.3 Å². The highest BCUT2D eigenvalue weighted by atomic mass is 16.6. The largest absolute Gasteiger partial charge is 0.447 e. The van der Waals surface area contributed by atoms with Crippen LogP contribution in [0.5, 0.6) is 0 Å². The molecule has 0 aliphatic carbocycles. The van der Waals surface area contributed by atoms with Crippen molar-refractivity contribution in [2.24, 2.45) is 0 Å². The van der Waals surface area contributed by atoms with Crippen LogP contribution in [-0.4, -0.2) is 57.4 Å². The summed E-state index contributed by atoms with van der Waals surface area (Å²) >= 11 is 0. The minimum Gasteiger partial charge on any atom is -0.447 e. The third-order valence-electron chi connectivity index (χ3n) is 5.50. The van der Waals surface area contributed by atoms with Crippen molar-refractivity contribution < 1.29 is 23.9 Å². The number of fused-ring (bicyclic) bond motifs is 1. The van der Waals surface area contributed by atoms with Gasteiger partial charge in [-0.15, -0.1) is 5.10 Å². The maximum absolute atomic E-state index is 12.4. The third-order valence-corrected chi connectivity index (χ3v) is 5.50. The summed E-state index contributed by atoms with van der Waals surface area (Å²) in [5.41, 5.74) is 2.41.